The predicted molar refractivity (Wildman–Crippen MR) is 130 cm³/mol. The third-order valence-corrected chi connectivity index (χ3v) is 6.80. The lowest BCUT2D eigenvalue weighted by atomic mass is 10.1. The standard InChI is InChI=1S/C26H24N4O2S/c31-25-9-5-15-30(25)21-12-10-19(11-13-21)16-27-26(32)22-6-1-2-7-23(22)33-18-20-17-29-14-4-3-8-24(29)28-20/h1-4,6-8,10-14,17H,5,9,15-16,18H2,(H,27,32). The summed E-state index contributed by atoms with van der Waals surface area (Å²) in [7, 11) is 0. The van der Waals surface area contributed by atoms with E-state index in [1.807, 2.05) is 88.4 Å². The number of carbonyl (C=O) groups excluding carboxylic acids is 2. The second-order valence-corrected chi connectivity index (χ2v) is 9.00. The van der Waals surface area contributed by atoms with Crippen LogP contribution in [0.25, 0.3) is 5.65 Å². The third-order valence-electron chi connectivity index (χ3n) is 5.70. The zero-order chi connectivity index (χ0) is 22.6. The van der Waals surface area contributed by atoms with Crippen LogP contribution in [0.4, 0.5) is 5.69 Å². The van der Waals surface area contributed by atoms with Gasteiger partial charge in [-0.15, -0.1) is 11.8 Å². The first-order valence-corrected chi connectivity index (χ1v) is 12.0. The Bertz CT molecular complexity index is 1270. The van der Waals surface area contributed by atoms with Crippen molar-refractivity contribution in [1.82, 2.24) is 14.7 Å². The van der Waals surface area contributed by atoms with Crippen LogP contribution in [0.5, 0.6) is 0 Å². The zero-order valence-electron chi connectivity index (χ0n) is 18.1. The number of nitrogens with one attached hydrogen (secondary N) is 1. The van der Waals surface area contributed by atoms with E-state index >= 15 is 0 Å². The first kappa shape index (κ1) is 21.3. The molecule has 0 saturated carbocycles. The molecule has 7 heteroatoms. The highest BCUT2D eigenvalue weighted by atomic mass is 32.2. The Morgan fingerprint density at radius 3 is 2.64 bits per heavy atom. The second kappa shape index (κ2) is 9.50. The van der Waals surface area contributed by atoms with Gasteiger partial charge in [0.25, 0.3) is 5.91 Å². The highest BCUT2D eigenvalue weighted by Crippen LogP contribution is 2.26. The first-order chi connectivity index (χ1) is 16.2. The maximum absolute atomic E-state index is 12.9. The quantitative estimate of drug-likeness (QED) is 0.410. The molecule has 33 heavy (non-hydrogen) atoms. The summed E-state index contributed by atoms with van der Waals surface area (Å²) >= 11 is 1.61. The minimum Gasteiger partial charge on any atom is -0.348 e. The van der Waals surface area contributed by atoms with Crippen molar-refractivity contribution in [1.29, 1.82) is 0 Å². The SMILES string of the molecule is O=C(NCc1ccc(N2CCCC2=O)cc1)c1ccccc1SCc1cn2ccccc2n1. The molecule has 2 amide bonds. The maximum Gasteiger partial charge on any atom is 0.252 e. The monoisotopic (exact) mass is 456 g/mol. The molecule has 2 aromatic heterocycles. The average Bonchev–Trinajstić information content (AvgIpc) is 3.47. The van der Waals surface area contributed by atoms with Gasteiger partial charge in [-0.2, -0.15) is 0 Å². The molecule has 0 radical (unpaired) electrons. The van der Waals surface area contributed by atoms with E-state index in [4.69, 9.17) is 0 Å². The Morgan fingerprint density at radius 1 is 1.03 bits per heavy atom. The number of hydrogen-bond donors (Lipinski definition) is 1. The third kappa shape index (κ3) is 4.78. The number of fused-ring (bicyclic) bond motifs is 1. The number of carbonyl (C=O) groups is 2. The lowest BCUT2D eigenvalue weighted by Crippen LogP contribution is -2.24. The van der Waals surface area contributed by atoms with Gasteiger partial charge in [-0.3, -0.25) is 9.59 Å². The fourth-order valence-electron chi connectivity index (χ4n) is 3.98. The number of pyridine rings is 1. The molecule has 3 heterocycles. The van der Waals surface area contributed by atoms with Gasteiger partial charge in [0.05, 0.1) is 11.3 Å². The molecule has 1 fully saturated rings. The summed E-state index contributed by atoms with van der Waals surface area (Å²) in [4.78, 5) is 32.2. The Kier molecular flexibility index (Phi) is 6.13. The summed E-state index contributed by atoms with van der Waals surface area (Å²) in [6.45, 7) is 1.21. The molecule has 0 atom stereocenters. The van der Waals surface area contributed by atoms with Gasteiger partial charge in [0, 0.05) is 48.2 Å². The summed E-state index contributed by atoms with van der Waals surface area (Å²) in [5.41, 5.74) is 4.46. The van der Waals surface area contributed by atoms with E-state index in [2.05, 4.69) is 10.3 Å². The molecule has 1 N–H and O–H groups in total. The number of aromatic nitrogens is 2. The van der Waals surface area contributed by atoms with Gasteiger partial charge in [-0.1, -0.05) is 30.3 Å². The number of imidazole rings is 1. The summed E-state index contributed by atoms with van der Waals surface area (Å²) in [5.74, 6) is 0.753. The van der Waals surface area contributed by atoms with Gasteiger partial charge in [0.2, 0.25) is 5.91 Å². The van der Waals surface area contributed by atoms with Crippen molar-refractivity contribution in [2.75, 3.05) is 11.4 Å². The van der Waals surface area contributed by atoms with Crippen molar-refractivity contribution >= 4 is 34.9 Å². The number of nitrogens with zero attached hydrogens (tertiary/aromatic N) is 3. The second-order valence-electron chi connectivity index (χ2n) is 7.98. The molecule has 1 aliphatic heterocycles. The Morgan fingerprint density at radius 2 is 1.85 bits per heavy atom. The van der Waals surface area contributed by atoms with Crippen molar-refractivity contribution in [3.63, 3.8) is 0 Å². The van der Waals surface area contributed by atoms with Gasteiger partial charge >= 0.3 is 0 Å². The Hall–Kier alpha value is -3.58. The van der Waals surface area contributed by atoms with Crippen molar-refractivity contribution in [2.24, 2.45) is 0 Å². The number of benzene rings is 2. The normalized spacial score (nSPS) is 13.6. The number of hydrogen-bond acceptors (Lipinski definition) is 4. The van der Waals surface area contributed by atoms with Crippen LogP contribution >= 0.6 is 11.8 Å². The van der Waals surface area contributed by atoms with Crippen molar-refractivity contribution in [3.05, 3.63) is 95.9 Å². The predicted octanol–water partition coefficient (Wildman–Crippen LogP) is 4.68. The molecule has 4 aromatic rings. The highest BCUT2D eigenvalue weighted by molar-refractivity contribution is 7.98. The van der Waals surface area contributed by atoms with Crippen LogP contribution in [0.2, 0.25) is 0 Å². The molecule has 5 rings (SSSR count). The van der Waals surface area contributed by atoms with Gasteiger partial charge in [-0.05, 0) is 48.4 Å². The van der Waals surface area contributed by atoms with Crippen LogP contribution in [-0.4, -0.2) is 27.7 Å². The number of anilines is 1. The molecular formula is C26H24N4O2S. The molecule has 1 saturated heterocycles. The molecule has 0 spiro atoms. The molecule has 0 unspecified atom stereocenters. The lowest BCUT2D eigenvalue weighted by Gasteiger charge is -2.16. The summed E-state index contributed by atoms with van der Waals surface area (Å²) < 4.78 is 2.00. The van der Waals surface area contributed by atoms with E-state index in [1.165, 1.54) is 0 Å². The van der Waals surface area contributed by atoms with E-state index in [0.29, 0.717) is 24.3 Å². The fourth-order valence-corrected chi connectivity index (χ4v) is 4.91. The summed E-state index contributed by atoms with van der Waals surface area (Å²) in [6, 6.07) is 21.4. The average molecular weight is 457 g/mol. The van der Waals surface area contributed by atoms with Crippen LogP contribution in [0.1, 0.15) is 34.5 Å². The molecule has 1 aliphatic rings. The van der Waals surface area contributed by atoms with Gasteiger partial charge < -0.3 is 14.6 Å². The molecule has 166 valence electrons. The summed E-state index contributed by atoms with van der Waals surface area (Å²) in [5, 5.41) is 3.02. The van der Waals surface area contributed by atoms with Crippen LogP contribution in [0.15, 0.2) is 84.0 Å². The van der Waals surface area contributed by atoms with Gasteiger partial charge in [0.15, 0.2) is 0 Å². The largest absolute Gasteiger partial charge is 0.348 e. The highest BCUT2D eigenvalue weighted by Gasteiger charge is 2.21. The summed E-state index contributed by atoms with van der Waals surface area (Å²) in [6.07, 6.45) is 5.52. The van der Waals surface area contributed by atoms with E-state index in [1.54, 1.807) is 11.8 Å². The first-order valence-electron chi connectivity index (χ1n) is 11.0. The van der Waals surface area contributed by atoms with Crippen LogP contribution in [0.3, 0.4) is 0 Å². The molecule has 6 nitrogen and oxygen atoms in total. The lowest BCUT2D eigenvalue weighted by molar-refractivity contribution is -0.117. The number of rotatable bonds is 7. The van der Waals surface area contributed by atoms with Crippen molar-refractivity contribution < 1.29 is 9.59 Å². The van der Waals surface area contributed by atoms with Crippen molar-refractivity contribution in [3.8, 4) is 0 Å². The van der Waals surface area contributed by atoms with E-state index in [0.717, 1.165) is 40.5 Å². The number of amides is 2. The molecule has 0 bridgehead atoms. The van der Waals surface area contributed by atoms with Crippen LogP contribution < -0.4 is 10.2 Å². The van der Waals surface area contributed by atoms with Gasteiger partial charge in [0.1, 0.15) is 5.65 Å². The molecule has 2 aromatic carbocycles. The molecular weight excluding hydrogens is 432 g/mol. The van der Waals surface area contributed by atoms with E-state index in [9.17, 15) is 9.59 Å². The minimum atomic E-state index is -0.105. The van der Waals surface area contributed by atoms with Gasteiger partial charge in [-0.25, -0.2) is 4.98 Å². The Balaban J connectivity index is 1.21. The van der Waals surface area contributed by atoms with Crippen LogP contribution in [0, 0.1) is 0 Å². The topological polar surface area (TPSA) is 66.7 Å². The van der Waals surface area contributed by atoms with E-state index in [-0.39, 0.29) is 11.8 Å². The minimum absolute atomic E-state index is 0.105. The number of thioether (sulfide) groups is 1. The zero-order valence-corrected chi connectivity index (χ0v) is 18.9. The smallest absolute Gasteiger partial charge is 0.252 e. The Labute approximate surface area is 196 Å². The van der Waals surface area contributed by atoms with E-state index < -0.39 is 0 Å². The molecule has 0 aliphatic carbocycles. The maximum atomic E-state index is 12.9. The van der Waals surface area contributed by atoms with Crippen LogP contribution in [-0.2, 0) is 17.1 Å². The van der Waals surface area contributed by atoms with Crippen molar-refractivity contribution in [2.45, 2.75) is 30.0 Å². The fraction of sp³-hybridized carbons (Fsp3) is 0.192.